The smallest absolute Gasteiger partial charge is 0.0454 e. The lowest BCUT2D eigenvalue weighted by Gasteiger charge is -2.10. The number of halogens is 1. The molecule has 15 heavy (non-hydrogen) atoms. The molecule has 0 aliphatic heterocycles. The summed E-state index contributed by atoms with van der Waals surface area (Å²) < 4.78 is 0. The van der Waals surface area contributed by atoms with Crippen LogP contribution in [0.15, 0.2) is 30.5 Å². The Hall–Kier alpha value is -1.03. The standard InChI is InChI=1S/C11H15N3.ClH/c12-5-3-10(13)8-1-2-11-9(7-8)4-6-14-11;/h1-2,4,6-7,10,14H,3,5,12-13H2;1H/t10-;/m0./s1. The summed E-state index contributed by atoms with van der Waals surface area (Å²) in [5.74, 6) is 0. The van der Waals surface area contributed by atoms with Crippen LogP contribution >= 0.6 is 12.4 Å². The summed E-state index contributed by atoms with van der Waals surface area (Å²) in [7, 11) is 0. The topological polar surface area (TPSA) is 67.8 Å². The van der Waals surface area contributed by atoms with E-state index in [9.17, 15) is 0 Å². The van der Waals surface area contributed by atoms with E-state index in [2.05, 4.69) is 23.2 Å². The Balaban J connectivity index is 0.00000112. The Morgan fingerprint density at radius 3 is 2.80 bits per heavy atom. The number of aromatic nitrogens is 1. The SMILES string of the molecule is Cl.NCC[C@H](N)c1ccc2[nH]ccc2c1. The lowest BCUT2D eigenvalue weighted by atomic mass is 10.0. The van der Waals surface area contributed by atoms with Crippen molar-refractivity contribution in [3.8, 4) is 0 Å². The molecule has 82 valence electrons. The molecule has 2 rings (SSSR count). The molecule has 5 N–H and O–H groups in total. The highest BCUT2D eigenvalue weighted by Gasteiger charge is 2.05. The number of nitrogens with two attached hydrogens (primary N) is 2. The minimum absolute atomic E-state index is 0. The van der Waals surface area contributed by atoms with Crippen molar-refractivity contribution >= 4 is 23.3 Å². The fraction of sp³-hybridized carbons (Fsp3) is 0.273. The normalized spacial score (nSPS) is 12.4. The number of rotatable bonds is 3. The van der Waals surface area contributed by atoms with Gasteiger partial charge in [0, 0.05) is 17.8 Å². The molecule has 1 aromatic carbocycles. The van der Waals surface area contributed by atoms with Crippen LogP contribution in [0.3, 0.4) is 0 Å². The van der Waals surface area contributed by atoms with Crippen LogP contribution in [-0.2, 0) is 0 Å². The monoisotopic (exact) mass is 225 g/mol. The van der Waals surface area contributed by atoms with Gasteiger partial charge >= 0.3 is 0 Å². The van der Waals surface area contributed by atoms with E-state index in [-0.39, 0.29) is 18.4 Å². The molecular formula is C11H16ClN3. The van der Waals surface area contributed by atoms with E-state index in [1.807, 2.05) is 12.3 Å². The van der Waals surface area contributed by atoms with Crippen molar-refractivity contribution in [1.82, 2.24) is 4.98 Å². The predicted molar refractivity (Wildman–Crippen MR) is 66.1 cm³/mol. The molecule has 3 nitrogen and oxygen atoms in total. The lowest BCUT2D eigenvalue weighted by molar-refractivity contribution is 0.662. The first-order chi connectivity index (χ1) is 6.81. The van der Waals surface area contributed by atoms with Crippen LogP contribution in [0.1, 0.15) is 18.0 Å². The summed E-state index contributed by atoms with van der Waals surface area (Å²) >= 11 is 0. The van der Waals surface area contributed by atoms with Gasteiger partial charge in [-0.05, 0) is 42.1 Å². The third-order valence-electron chi connectivity index (χ3n) is 2.48. The van der Waals surface area contributed by atoms with Gasteiger partial charge in [0.1, 0.15) is 0 Å². The largest absolute Gasteiger partial charge is 0.361 e. The quantitative estimate of drug-likeness (QED) is 0.747. The average molecular weight is 226 g/mol. The van der Waals surface area contributed by atoms with E-state index in [4.69, 9.17) is 11.5 Å². The van der Waals surface area contributed by atoms with Gasteiger partial charge in [-0.25, -0.2) is 0 Å². The molecule has 0 amide bonds. The average Bonchev–Trinajstić information content (AvgIpc) is 2.64. The molecule has 0 aliphatic carbocycles. The molecule has 1 heterocycles. The summed E-state index contributed by atoms with van der Waals surface area (Å²) in [4.78, 5) is 3.15. The lowest BCUT2D eigenvalue weighted by Crippen LogP contribution is -2.15. The van der Waals surface area contributed by atoms with Gasteiger partial charge in [0.15, 0.2) is 0 Å². The maximum Gasteiger partial charge on any atom is 0.0454 e. The van der Waals surface area contributed by atoms with Gasteiger partial charge in [-0.1, -0.05) is 6.07 Å². The van der Waals surface area contributed by atoms with Crippen LogP contribution in [0.25, 0.3) is 10.9 Å². The van der Waals surface area contributed by atoms with E-state index >= 15 is 0 Å². The zero-order chi connectivity index (χ0) is 9.97. The highest BCUT2D eigenvalue weighted by molar-refractivity contribution is 5.85. The number of aromatic amines is 1. The fourth-order valence-corrected chi connectivity index (χ4v) is 1.65. The van der Waals surface area contributed by atoms with Crippen molar-refractivity contribution in [2.45, 2.75) is 12.5 Å². The zero-order valence-electron chi connectivity index (χ0n) is 8.44. The van der Waals surface area contributed by atoms with Crippen molar-refractivity contribution in [2.24, 2.45) is 11.5 Å². The number of nitrogens with one attached hydrogen (secondary N) is 1. The first kappa shape index (κ1) is 12.0. The molecule has 0 saturated carbocycles. The van der Waals surface area contributed by atoms with Crippen LogP contribution < -0.4 is 11.5 Å². The van der Waals surface area contributed by atoms with Crippen LogP contribution in [-0.4, -0.2) is 11.5 Å². The van der Waals surface area contributed by atoms with Crippen molar-refractivity contribution in [1.29, 1.82) is 0 Å². The number of hydrogen-bond acceptors (Lipinski definition) is 2. The first-order valence-electron chi connectivity index (χ1n) is 4.84. The summed E-state index contributed by atoms with van der Waals surface area (Å²) in [5, 5.41) is 1.20. The van der Waals surface area contributed by atoms with Crippen molar-refractivity contribution < 1.29 is 0 Å². The molecule has 4 heteroatoms. The second-order valence-electron chi connectivity index (χ2n) is 3.51. The van der Waals surface area contributed by atoms with Crippen LogP contribution in [0.2, 0.25) is 0 Å². The van der Waals surface area contributed by atoms with E-state index in [0.29, 0.717) is 6.54 Å². The van der Waals surface area contributed by atoms with Crippen molar-refractivity contribution in [3.05, 3.63) is 36.0 Å². The Bertz CT molecular complexity index is 424. The number of hydrogen-bond donors (Lipinski definition) is 3. The second-order valence-corrected chi connectivity index (χ2v) is 3.51. The Labute approximate surface area is 95.2 Å². The van der Waals surface area contributed by atoms with Gasteiger partial charge in [-0.15, -0.1) is 12.4 Å². The van der Waals surface area contributed by atoms with Crippen molar-refractivity contribution in [2.75, 3.05) is 6.54 Å². The van der Waals surface area contributed by atoms with Gasteiger partial charge in [0.2, 0.25) is 0 Å². The van der Waals surface area contributed by atoms with Crippen LogP contribution in [0.4, 0.5) is 0 Å². The molecular weight excluding hydrogens is 210 g/mol. The first-order valence-corrected chi connectivity index (χ1v) is 4.84. The molecule has 0 saturated heterocycles. The Morgan fingerprint density at radius 1 is 1.27 bits per heavy atom. The molecule has 0 aliphatic rings. The van der Waals surface area contributed by atoms with Crippen LogP contribution in [0, 0.1) is 0 Å². The molecule has 2 aromatic rings. The third kappa shape index (κ3) is 2.50. The maximum absolute atomic E-state index is 5.98. The predicted octanol–water partition coefficient (Wildman–Crippen LogP) is 1.94. The summed E-state index contributed by atoms with van der Waals surface area (Å²) in [6.45, 7) is 0.631. The zero-order valence-corrected chi connectivity index (χ0v) is 9.26. The van der Waals surface area contributed by atoms with E-state index in [1.165, 1.54) is 5.39 Å². The molecule has 0 bridgehead atoms. The molecule has 0 radical (unpaired) electrons. The minimum atomic E-state index is 0. The number of benzene rings is 1. The van der Waals surface area contributed by atoms with Gasteiger partial charge in [-0.2, -0.15) is 0 Å². The van der Waals surface area contributed by atoms with Crippen molar-refractivity contribution in [3.63, 3.8) is 0 Å². The number of H-pyrrole nitrogens is 1. The minimum Gasteiger partial charge on any atom is -0.361 e. The molecule has 1 atom stereocenters. The van der Waals surface area contributed by atoms with E-state index < -0.39 is 0 Å². The summed E-state index contributed by atoms with van der Waals surface area (Å²) in [6, 6.07) is 8.33. The molecule has 1 aromatic heterocycles. The van der Waals surface area contributed by atoms with Gasteiger partial charge in [-0.3, -0.25) is 0 Å². The second kappa shape index (κ2) is 5.16. The summed E-state index contributed by atoms with van der Waals surface area (Å²) in [6.07, 6.45) is 2.76. The highest BCUT2D eigenvalue weighted by Crippen LogP contribution is 2.19. The molecule has 0 spiro atoms. The fourth-order valence-electron chi connectivity index (χ4n) is 1.65. The van der Waals surface area contributed by atoms with E-state index in [0.717, 1.165) is 17.5 Å². The Kier molecular flexibility index (Phi) is 4.15. The van der Waals surface area contributed by atoms with E-state index in [1.54, 1.807) is 0 Å². The number of fused-ring (bicyclic) bond motifs is 1. The van der Waals surface area contributed by atoms with Gasteiger partial charge in [0.25, 0.3) is 0 Å². The maximum atomic E-state index is 5.98. The van der Waals surface area contributed by atoms with Gasteiger partial charge < -0.3 is 16.5 Å². The molecule has 0 fully saturated rings. The summed E-state index contributed by atoms with van der Waals surface area (Å²) in [5.41, 5.74) is 13.8. The van der Waals surface area contributed by atoms with Crippen LogP contribution in [0.5, 0.6) is 0 Å². The third-order valence-corrected chi connectivity index (χ3v) is 2.48. The van der Waals surface area contributed by atoms with Gasteiger partial charge in [0.05, 0.1) is 0 Å². The highest BCUT2D eigenvalue weighted by atomic mass is 35.5. The molecule has 0 unspecified atom stereocenters. The Morgan fingerprint density at radius 2 is 2.07 bits per heavy atom.